The van der Waals surface area contributed by atoms with Crippen LogP contribution in [0.1, 0.15) is 48.9 Å². The summed E-state index contributed by atoms with van der Waals surface area (Å²) in [4.78, 5) is 16.8. The number of likely N-dealkylation sites (tertiary alicyclic amines) is 1. The van der Waals surface area contributed by atoms with E-state index in [1.54, 1.807) is 37.4 Å². The van der Waals surface area contributed by atoms with Crippen molar-refractivity contribution in [2.24, 2.45) is 0 Å². The standard InChI is InChI=1S/C26H29N5O4S/c1-26(2,32)7-4-19-10-18(22-24(30-19)35-15-34-22)14-33-20-11-17(12-28-23(20)27)21-13-29-25(36-21)16-5-8-31(3)9-6-16/h10-13,16,32H,5-6,8-9,14-15H2,1-3H3,(H2,27,28). The highest BCUT2D eigenvalue weighted by molar-refractivity contribution is 7.15. The van der Waals surface area contributed by atoms with Gasteiger partial charge < -0.3 is 30.0 Å². The van der Waals surface area contributed by atoms with E-state index in [0.717, 1.165) is 36.4 Å². The predicted octanol–water partition coefficient (Wildman–Crippen LogP) is 3.42. The summed E-state index contributed by atoms with van der Waals surface area (Å²) in [7, 11) is 2.16. The molecule has 3 aromatic rings. The van der Waals surface area contributed by atoms with Gasteiger partial charge in [0.2, 0.25) is 6.79 Å². The molecule has 1 saturated heterocycles. The Morgan fingerprint density at radius 3 is 2.81 bits per heavy atom. The van der Waals surface area contributed by atoms with E-state index in [1.807, 2.05) is 12.3 Å². The number of hydrogen-bond donors (Lipinski definition) is 2. The number of anilines is 1. The van der Waals surface area contributed by atoms with Crippen LogP contribution in [-0.2, 0) is 6.61 Å². The second-order valence-corrected chi connectivity index (χ2v) is 10.6. The third-order valence-corrected chi connectivity index (χ3v) is 7.26. The summed E-state index contributed by atoms with van der Waals surface area (Å²) in [6.45, 7) is 5.64. The quantitative estimate of drug-likeness (QED) is 0.501. The van der Waals surface area contributed by atoms with E-state index in [0.29, 0.717) is 40.4 Å². The lowest BCUT2D eigenvalue weighted by Gasteiger charge is -2.27. The Bertz CT molecular complexity index is 1320. The number of thiazole rings is 1. The van der Waals surface area contributed by atoms with Crippen molar-refractivity contribution in [1.29, 1.82) is 0 Å². The number of nitrogens with zero attached hydrogens (tertiary/aromatic N) is 4. The third kappa shape index (κ3) is 5.54. The van der Waals surface area contributed by atoms with Gasteiger partial charge in [0.15, 0.2) is 17.3 Å². The molecule has 3 N–H and O–H groups in total. The molecule has 0 amide bonds. The van der Waals surface area contributed by atoms with Crippen molar-refractivity contribution in [3.8, 4) is 39.7 Å². The smallest absolute Gasteiger partial charge is 0.261 e. The second kappa shape index (κ2) is 9.93. The molecule has 10 heteroatoms. The third-order valence-electron chi connectivity index (χ3n) is 6.06. The van der Waals surface area contributed by atoms with Gasteiger partial charge in [0.1, 0.15) is 17.9 Å². The number of nitrogen functional groups attached to an aromatic ring is 1. The fourth-order valence-electron chi connectivity index (χ4n) is 4.07. The largest absolute Gasteiger partial charge is 0.485 e. The zero-order valence-corrected chi connectivity index (χ0v) is 21.4. The van der Waals surface area contributed by atoms with E-state index >= 15 is 0 Å². The van der Waals surface area contributed by atoms with Gasteiger partial charge >= 0.3 is 0 Å². The zero-order chi connectivity index (χ0) is 25.3. The van der Waals surface area contributed by atoms with Crippen LogP contribution in [-0.4, -0.2) is 57.5 Å². The number of aliphatic hydroxyl groups is 1. The number of fused-ring (bicyclic) bond motifs is 1. The molecular weight excluding hydrogens is 478 g/mol. The molecule has 0 aliphatic carbocycles. The Morgan fingerprint density at radius 2 is 2.03 bits per heavy atom. The fourth-order valence-corrected chi connectivity index (χ4v) is 5.14. The van der Waals surface area contributed by atoms with E-state index in [-0.39, 0.29) is 13.4 Å². The lowest BCUT2D eigenvalue weighted by Crippen LogP contribution is -2.29. The zero-order valence-electron chi connectivity index (χ0n) is 20.6. The van der Waals surface area contributed by atoms with E-state index in [2.05, 4.69) is 33.8 Å². The SMILES string of the molecule is CN1CCC(c2ncc(-c3cnc(N)c(OCc4cc(C#CC(C)(C)O)nc5c4OCO5)c3)s2)CC1. The highest BCUT2D eigenvalue weighted by atomic mass is 32.1. The minimum Gasteiger partial charge on any atom is -0.485 e. The van der Waals surface area contributed by atoms with Crippen molar-refractivity contribution in [1.82, 2.24) is 19.9 Å². The molecule has 9 nitrogen and oxygen atoms in total. The minimum atomic E-state index is -1.14. The second-order valence-electron chi connectivity index (χ2n) is 9.55. The Labute approximate surface area is 214 Å². The first-order valence-corrected chi connectivity index (χ1v) is 12.6. The van der Waals surface area contributed by atoms with Crippen molar-refractivity contribution < 1.29 is 19.3 Å². The maximum atomic E-state index is 9.92. The molecule has 0 atom stereocenters. The predicted molar refractivity (Wildman–Crippen MR) is 137 cm³/mol. The fraction of sp³-hybridized carbons (Fsp3) is 0.423. The molecule has 0 saturated carbocycles. The Balaban J connectivity index is 1.35. The first kappa shape index (κ1) is 24.3. The summed E-state index contributed by atoms with van der Waals surface area (Å²) < 4.78 is 17.1. The highest BCUT2D eigenvalue weighted by Gasteiger charge is 2.23. The molecule has 1 fully saturated rings. The van der Waals surface area contributed by atoms with Crippen molar-refractivity contribution in [3.63, 3.8) is 0 Å². The molecule has 5 rings (SSSR count). The number of aromatic nitrogens is 3. The van der Waals surface area contributed by atoms with Gasteiger partial charge in [-0.25, -0.2) is 15.0 Å². The molecule has 188 valence electrons. The van der Waals surface area contributed by atoms with Crippen LogP contribution in [0.5, 0.6) is 17.4 Å². The first-order chi connectivity index (χ1) is 17.2. The Hall–Kier alpha value is -3.39. The van der Waals surface area contributed by atoms with Crippen LogP contribution in [0.4, 0.5) is 5.82 Å². The van der Waals surface area contributed by atoms with Gasteiger partial charge in [-0.2, -0.15) is 0 Å². The van der Waals surface area contributed by atoms with Crippen LogP contribution in [0.25, 0.3) is 10.4 Å². The van der Waals surface area contributed by atoms with Crippen LogP contribution in [0.3, 0.4) is 0 Å². The van der Waals surface area contributed by atoms with Gasteiger partial charge in [0, 0.05) is 29.4 Å². The van der Waals surface area contributed by atoms with Crippen molar-refractivity contribution in [2.75, 3.05) is 32.7 Å². The monoisotopic (exact) mass is 507 g/mol. The van der Waals surface area contributed by atoms with Crippen LogP contribution in [0, 0.1) is 11.8 Å². The minimum absolute atomic E-state index is 0.0713. The van der Waals surface area contributed by atoms with E-state index in [9.17, 15) is 5.11 Å². The Morgan fingerprint density at radius 1 is 1.22 bits per heavy atom. The average Bonchev–Trinajstić information content (AvgIpc) is 3.52. The van der Waals surface area contributed by atoms with Gasteiger partial charge in [0.05, 0.1) is 9.88 Å². The summed E-state index contributed by atoms with van der Waals surface area (Å²) >= 11 is 1.70. The van der Waals surface area contributed by atoms with Crippen LogP contribution >= 0.6 is 11.3 Å². The van der Waals surface area contributed by atoms with Gasteiger partial charge in [0.25, 0.3) is 5.88 Å². The molecular formula is C26H29N5O4S. The summed E-state index contributed by atoms with van der Waals surface area (Å²) in [5.74, 6) is 7.77. The number of ether oxygens (including phenoxy) is 3. The van der Waals surface area contributed by atoms with E-state index < -0.39 is 5.60 Å². The normalized spacial score (nSPS) is 16.0. The van der Waals surface area contributed by atoms with Crippen LogP contribution in [0.2, 0.25) is 0 Å². The van der Waals surface area contributed by atoms with Gasteiger partial charge in [-0.15, -0.1) is 11.3 Å². The van der Waals surface area contributed by atoms with Crippen LogP contribution < -0.4 is 19.9 Å². The van der Waals surface area contributed by atoms with Crippen molar-refractivity contribution in [2.45, 2.75) is 44.8 Å². The lowest BCUT2D eigenvalue weighted by atomic mass is 9.98. The van der Waals surface area contributed by atoms with Crippen molar-refractivity contribution in [3.05, 3.63) is 40.8 Å². The Kier molecular flexibility index (Phi) is 6.71. The lowest BCUT2D eigenvalue weighted by molar-refractivity contribution is 0.143. The molecule has 2 aliphatic heterocycles. The highest BCUT2D eigenvalue weighted by Crippen LogP contribution is 2.38. The van der Waals surface area contributed by atoms with E-state index in [4.69, 9.17) is 24.9 Å². The van der Waals surface area contributed by atoms with Crippen LogP contribution in [0.15, 0.2) is 24.5 Å². The number of pyridine rings is 2. The molecule has 36 heavy (non-hydrogen) atoms. The first-order valence-electron chi connectivity index (χ1n) is 11.8. The van der Waals surface area contributed by atoms with E-state index in [1.165, 1.54) is 5.01 Å². The topological polar surface area (TPSA) is 116 Å². The summed E-state index contributed by atoms with van der Waals surface area (Å²) in [5, 5.41) is 11.1. The molecule has 2 aliphatic rings. The summed E-state index contributed by atoms with van der Waals surface area (Å²) in [5.41, 5.74) is 7.07. The van der Waals surface area contributed by atoms with Gasteiger partial charge in [-0.3, -0.25) is 0 Å². The number of piperidine rings is 1. The molecule has 5 heterocycles. The molecule has 3 aromatic heterocycles. The molecule has 0 aromatic carbocycles. The number of rotatable bonds is 5. The maximum absolute atomic E-state index is 9.92. The molecule has 0 spiro atoms. The number of hydrogen-bond acceptors (Lipinski definition) is 10. The number of nitrogens with two attached hydrogens (primary N) is 1. The molecule has 0 unspecified atom stereocenters. The molecule has 0 radical (unpaired) electrons. The summed E-state index contributed by atoms with van der Waals surface area (Å²) in [6.07, 6.45) is 5.91. The van der Waals surface area contributed by atoms with Crippen molar-refractivity contribution >= 4 is 17.2 Å². The maximum Gasteiger partial charge on any atom is 0.261 e. The van der Waals surface area contributed by atoms with Gasteiger partial charge in [-0.05, 0) is 64.9 Å². The summed E-state index contributed by atoms with van der Waals surface area (Å²) in [6, 6.07) is 3.65. The average molecular weight is 508 g/mol. The van der Waals surface area contributed by atoms with Gasteiger partial charge in [-0.1, -0.05) is 5.92 Å². The molecule has 0 bridgehead atoms.